The Balaban J connectivity index is 1.49. The lowest BCUT2D eigenvalue weighted by molar-refractivity contribution is 0.571. The van der Waals surface area contributed by atoms with Gasteiger partial charge in [0.25, 0.3) is 0 Å². The van der Waals surface area contributed by atoms with Crippen LogP contribution in [0, 0.1) is 5.82 Å². The molecule has 0 atom stereocenters. The van der Waals surface area contributed by atoms with Crippen LogP contribution in [0.1, 0.15) is 11.4 Å². The topological polar surface area (TPSA) is 67.4 Å². The molecule has 0 amide bonds. The van der Waals surface area contributed by atoms with E-state index in [9.17, 15) is 4.39 Å². The number of aromatic nitrogens is 2. The summed E-state index contributed by atoms with van der Waals surface area (Å²) in [6.45, 7) is 1.14. The fourth-order valence-electron chi connectivity index (χ4n) is 2.61. The molecule has 0 radical (unpaired) electrons. The normalized spacial score (nSPS) is 11.7. The first-order chi connectivity index (χ1) is 13.5. The van der Waals surface area contributed by atoms with Crippen molar-refractivity contribution in [1.29, 1.82) is 0 Å². The minimum atomic E-state index is -0.293. The summed E-state index contributed by atoms with van der Waals surface area (Å²) >= 11 is 12.1. The first-order valence-corrected chi connectivity index (χ1v) is 9.38. The number of aliphatic imine (C=N–C) groups is 1. The van der Waals surface area contributed by atoms with Gasteiger partial charge in [0.05, 0.1) is 17.3 Å². The van der Waals surface area contributed by atoms with E-state index in [4.69, 9.17) is 27.6 Å². The lowest BCUT2D eigenvalue weighted by Crippen LogP contribution is -2.38. The van der Waals surface area contributed by atoms with Gasteiger partial charge in [-0.25, -0.2) is 9.37 Å². The Bertz CT molecular complexity index is 965. The van der Waals surface area contributed by atoms with Crippen LogP contribution in [-0.4, -0.2) is 29.1 Å². The SMILES string of the molecule is CN=C(NCCc1coc(-c2ccc(F)cc2)n1)NCc1cc(Cl)c(Cl)n1C. The third kappa shape index (κ3) is 4.85. The van der Waals surface area contributed by atoms with E-state index in [1.54, 1.807) is 25.4 Å². The average Bonchev–Trinajstić information content (AvgIpc) is 3.26. The Morgan fingerprint density at radius 2 is 2.00 bits per heavy atom. The molecule has 2 aromatic heterocycles. The fourth-order valence-corrected chi connectivity index (χ4v) is 3.03. The standard InChI is InChI=1S/C19H20Cl2FN5O/c1-23-19(25-10-15-9-16(20)17(21)27(15)2)24-8-7-14-11-28-18(26-14)12-3-5-13(22)6-4-12/h3-6,9,11H,7-8,10H2,1-2H3,(H2,23,24,25). The van der Waals surface area contributed by atoms with Crippen LogP contribution in [0.5, 0.6) is 0 Å². The molecule has 9 heteroatoms. The van der Waals surface area contributed by atoms with Crippen LogP contribution < -0.4 is 10.6 Å². The Morgan fingerprint density at radius 3 is 2.64 bits per heavy atom. The van der Waals surface area contributed by atoms with Crippen molar-refractivity contribution in [3.63, 3.8) is 0 Å². The molecule has 2 N–H and O–H groups in total. The van der Waals surface area contributed by atoms with Crippen molar-refractivity contribution in [1.82, 2.24) is 20.2 Å². The highest BCUT2D eigenvalue weighted by atomic mass is 35.5. The van der Waals surface area contributed by atoms with E-state index in [-0.39, 0.29) is 5.82 Å². The summed E-state index contributed by atoms with van der Waals surface area (Å²) in [6, 6.07) is 7.84. The van der Waals surface area contributed by atoms with E-state index in [2.05, 4.69) is 20.6 Å². The maximum atomic E-state index is 13.0. The number of nitrogens with zero attached hydrogens (tertiary/aromatic N) is 3. The molecule has 28 heavy (non-hydrogen) atoms. The van der Waals surface area contributed by atoms with E-state index in [0.717, 1.165) is 17.0 Å². The van der Waals surface area contributed by atoms with E-state index >= 15 is 0 Å². The van der Waals surface area contributed by atoms with Gasteiger partial charge >= 0.3 is 0 Å². The molecule has 0 fully saturated rings. The summed E-state index contributed by atoms with van der Waals surface area (Å²) in [5.74, 6) is 0.823. The number of halogens is 3. The van der Waals surface area contributed by atoms with Crippen LogP contribution in [0.15, 0.2) is 46.0 Å². The number of nitrogens with one attached hydrogen (secondary N) is 2. The molecule has 148 valence electrons. The minimum Gasteiger partial charge on any atom is -0.444 e. The maximum Gasteiger partial charge on any atom is 0.226 e. The zero-order valence-electron chi connectivity index (χ0n) is 15.5. The van der Waals surface area contributed by atoms with Crippen molar-refractivity contribution in [2.45, 2.75) is 13.0 Å². The molecule has 0 saturated heterocycles. The number of benzene rings is 1. The van der Waals surface area contributed by atoms with Gasteiger partial charge in [0.15, 0.2) is 5.96 Å². The Morgan fingerprint density at radius 1 is 1.25 bits per heavy atom. The summed E-state index contributed by atoms with van der Waals surface area (Å²) in [5.41, 5.74) is 2.47. The van der Waals surface area contributed by atoms with E-state index < -0.39 is 0 Å². The largest absolute Gasteiger partial charge is 0.444 e. The molecule has 3 aromatic rings. The van der Waals surface area contributed by atoms with Gasteiger partial charge in [0.2, 0.25) is 5.89 Å². The summed E-state index contributed by atoms with van der Waals surface area (Å²) in [5, 5.41) is 7.45. The third-order valence-corrected chi connectivity index (χ3v) is 5.03. The molecule has 1 aromatic carbocycles. The number of oxazole rings is 1. The predicted molar refractivity (Wildman–Crippen MR) is 109 cm³/mol. The lowest BCUT2D eigenvalue weighted by atomic mass is 10.2. The Hall–Kier alpha value is -2.51. The summed E-state index contributed by atoms with van der Waals surface area (Å²) < 4.78 is 20.3. The first-order valence-electron chi connectivity index (χ1n) is 8.62. The monoisotopic (exact) mass is 423 g/mol. The highest BCUT2D eigenvalue weighted by molar-refractivity contribution is 6.41. The minimum absolute atomic E-state index is 0.293. The molecule has 0 unspecified atom stereocenters. The predicted octanol–water partition coefficient (Wildman–Crippen LogP) is 4.03. The smallest absolute Gasteiger partial charge is 0.226 e. The molecule has 0 aliphatic rings. The zero-order chi connectivity index (χ0) is 20.1. The number of rotatable bonds is 6. The van der Waals surface area contributed by atoms with Crippen LogP contribution in [-0.2, 0) is 20.0 Å². The molecule has 0 aliphatic heterocycles. The molecule has 6 nitrogen and oxygen atoms in total. The first kappa shape index (κ1) is 20.2. The van der Waals surface area contributed by atoms with Crippen molar-refractivity contribution in [3.8, 4) is 11.5 Å². The summed E-state index contributed by atoms with van der Waals surface area (Å²) in [6.07, 6.45) is 2.25. The molecule has 0 spiro atoms. The summed E-state index contributed by atoms with van der Waals surface area (Å²) in [4.78, 5) is 8.62. The highest BCUT2D eigenvalue weighted by Gasteiger charge is 2.10. The van der Waals surface area contributed by atoms with Gasteiger partial charge in [0.1, 0.15) is 17.2 Å². The second-order valence-electron chi connectivity index (χ2n) is 6.09. The lowest BCUT2D eigenvalue weighted by Gasteiger charge is -2.12. The molecule has 0 aliphatic carbocycles. The third-order valence-electron chi connectivity index (χ3n) is 4.19. The number of hydrogen-bond acceptors (Lipinski definition) is 3. The second kappa shape index (κ2) is 9.12. The van der Waals surface area contributed by atoms with Gasteiger partial charge in [-0.05, 0) is 30.3 Å². The van der Waals surface area contributed by atoms with Gasteiger partial charge < -0.3 is 19.6 Å². The van der Waals surface area contributed by atoms with E-state index in [1.807, 2.05) is 17.7 Å². The zero-order valence-corrected chi connectivity index (χ0v) is 17.0. The van der Waals surface area contributed by atoms with Crippen LogP contribution in [0.4, 0.5) is 4.39 Å². The Labute approximate surface area is 172 Å². The maximum absolute atomic E-state index is 13.0. The van der Waals surface area contributed by atoms with Crippen LogP contribution in [0.3, 0.4) is 0 Å². The van der Waals surface area contributed by atoms with Gasteiger partial charge in [-0.2, -0.15) is 0 Å². The van der Waals surface area contributed by atoms with Gasteiger partial charge in [-0.3, -0.25) is 4.99 Å². The fraction of sp³-hybridized carbons (Fsp3) is 0.263. The van der Waals surface area contributed by atoms with Crippen molar-refractivity contribution in [2.24, 2.45) is 12.0 Å². The molecule has 0 saturated carbocycles. The number of guanidine groups is 1. The number of hydrogen-bond donors (Lipinski definition) is 2. The van der Waals surface area contributed by atoms with Crippen molar-refractivity contribution in [2.75, 3.05) is 13.6 Å². The summed E-state index contributed by atoms with van der Waals surface area (Å²) in [7, 11) is 3.55. The van der Waals surface area contributed by atoms with Crippen LogP contribution >= 0.6 is 23.2 Å². The van der Waals surface area contributed by atoms with Crippen molar-refractivity contribution in [3.05, 3.63) is 64.0 Å². The average molecular weight is 424 g/mol. The van der Waals surface area contributed by atoms with Gasteiger partial charge in [-0.15, -0.1) is 0 Å². The van der Waals surface area contributed by atoms with Gasteiger partial charge in [-0.1, -0.05) is 23.2 Å². The second-order valence-corrected chi connectivity index (χ2v) is 6.85. The molecular formula is C19H20Cl2FN5O. The van der Waals surface area contributed by atoms with E-state index in [1.165, 1.54) is 12.1 Å². The van der Waals surface area contributed by atoms with E-state index in [0.29, 0.717) is 41.5 Å². The molecule has 0 bridgehead atoms. The molecule has 2 heterocycles. The van der Waals surface area contributed by atoms with Gasteiger partial charge in [0, 0.05) is 38.3 Å². The van der Waals surface area contributed by atoms with Crippen molar-refractivity contribution >= 4 is 29.2 Å². The molecular weight excluding hydrogens is 404 g/mol. The Kier molecular flexibility index (Phi) is 6.59. The highest BCUT2D eigenvalue weighted by Crippen LogP contribution is 2.25. The van der Waals surface area contributed by atoms with Crippen molar-refractivity contribution < 1.29 is 8.81 Å². The quantitative estimate of drug-likeness (QED) is 0.463. The van der Waals surface area contributed by atoms with Crippen LogP contribution in [0.25, 0.3) is 11.5 Å². The van der Waals surface area contributed by atoms with Crippen LogP contribution in [0.2, 0.25) is 10.2 Å². The molecule has 3 rings (SSSR count).